The highest BCUT2D eigenvalue weighted by Crippen LogP contribution is 2.26. The normalized spacial score (nSPS) is 13.6. The van der Waals surface area contributed by atoms with Crippen molar-refractivity contribution >= 4 is 28.1 Å². The van der Waals surface area contributed by atoms with Crippen molar-refractivity contribution in [1.82, 2.24) is 19.0 Å². The van der Waals surface area contributed by atoms with E-state index in [9.17, 15) is 4.79 Å². The number of hydrogen-bond donors (Lipinski definition) is 1. The maximum Gasteiger partial charge on any atom is 0.260 e. The largest absolute Gasteiger partial charge is 0.312 e. The van der Waals surface area contributed by atoms with Gasteiger partial charge in [0.2, 0.25) is 0 Å². The van der Waals surface area contributed by atoms with E-state index in [0.717, 1.165) is 24.3 Å². The predicted octanol–water partition coefficient (Wildman–Crippen LogP) is 1.93. The topological polar surface area (TPSA) is 72.2 Å². The maximum atomic E-state index is 12.4. The van der Waals surface area contributed by atoms with Crippen LogP contribution in [0.1, 0.15) is 28.0 Å². The van der Waals surface area contributed by atoms with E-state index in [1.807, 2.05) is 10.5 Å². The van der Waals surface area contributed by atoms with Crippen LogP contribution in [0.5, 0.6) is 0 Å². The third kappa shape index (κ3) is 1.70. The van der Waals surface area contributed by atoms with Crippen LogP contribution >= 0.6 is 11.5 Å². The zero-order chi connectivity index (χ0) is 13.5. The van der Waals surface area contributed by atoms with Gasteiger partial charge in [-0.3, -0.25) is 9.20 Å². The van der Waals surface area contributed by atoms with E-state index in [2.05, 4.69) is 19.9 Å². The monoisotopic (exact) mass is 285 g/mol. The molecule has 0 bridgehead atoms. The van der Waals surface area contributed by atoms with Gasteiger partial charge in [-0.2, -0.15) is 4.37 Å². The van der Waals surface area contributed by atoms with Crippen molar-refractivity contribution in [3.05, 3.63) is 41.5 Å². The molecule has 0 fully saturated rings. The molecular weight excluding hydrogens is 274 g/mol. The highest BCUT2D eigenvalue weighted by atomic mass is 32.1. The Hall–Kier alpha value is -2.28. The summed E-state index contributed by atoms with van der Waals surface area (Å²) in [5, 5.41) is 11.6. The van der Waals surface area contributed by atoms with Gasteiger partial charge in [-0.05, 0) is 48.5 Å². The Labute approximate surface area is 118 Å². The van der Waals surface area contributed by atoms with Crippen LogP contribution in [0.3, 0.4) is 0 Å². The predicted molar refractivity (Wildman–Crippen MR) is 75.1 cm³/mol. The molecule has 6 nitrogen and oxygen atoms in total. The first-order valence-corrected chi connectivity index (χ1v) is 7.17. The van der Waals surface area contributed by atoms with Crippen LogP contribution < -0.4 is 5.32 Å². The number of hydrogen-bond acceptors (Lipinski definition) is 5. The van der Waals surface area contributed by atoms with Crippen LogP contribution in [0.4, 0.5) is 5.00 Å². The van der Waals surface area contributed by atoms with Crippen LogP contribution in [-0.2, 0) is 12.8 Å². The molecule has 0 aliphatic heterocycles. The lowest BCUT2D eigenvalue weighted by Crippen LogP contribution is -2.14. The minimum absolute atomic E-state index is 0.165. The Balaban J connectivity index is 1.81. The van der Waals surface area contributed by atoms with E-state index in [-0.39, 0.29) is 5.91 Å². The van der Waals surface area contributed by atoms with Crippen molar-refractivity contribution in [3.8, 4) is 0 Å². The number of fused-ring (bicyclic) bond motifs is 3. The molecule has 0 saturated heterocycles. The third-order valence-corrected chi connectivity index (χ3v) is 4.21. The number of aryl methyl sites for hydroxylation is 2. The molecule has 1 amide bonds. The highest BCUT2D eigenvalue weighted by molar-refractivity contribution is 7.10. The smallest absolute Gasteiger partial charge is 0.260 e. The first-order valence-electron chi connectivity index (χ1n) is 6.39. The fourth-order valence-corrected chi connectivity index (χ4v) is 3.16. The maximum absolute atomic E-state index is 12.4. The minimum Gasteiger partial charge on any atom is -0.312 e. The van der Waals surface area contributed by atoms with Gasteiger partial charge >= 0.3 is 0 Å². The van der Waals surface area contributed by atoms with Gasteiger partial charge in [0.05, 0.1) is 5.56 Å². The Morgan fingerprint density at radius 3 is 3.20 bits per heavy atom. The molecule has 4 rings (SSSR count). The summed E-state index contributed by atoms with van der Waals surface area (Å²) in [5.41, 5.74) is 3.62. The lowest BCUT2D eigenvalue weighted by Gasteiger charge is -2.08. The Kier molecular flexibility index (Phi) is 2.53. The molecule has 0 spiro atoms. The summed E-state index contributed by atoms with van der Waals surface area (Å²) in [6, 6.07) is 3.72. The van der Waals surface area contributed by atoms with Crippen molar-refractivity contribution < 1.29 is 4.79 Å². The highest BCUT2D eigenvalue weighted by Gasteiger charge is 2.21. The average molecular weight is 285 g/mol. The first-order chi connectivity index (χ1) is 9.83. The molecule has 0 atom stereocenters. The minimum atomic E-state index is -0.165. The van der Waals surface area contributed by atoms with Crippen molar-refractivity contribution in [1.29, 1.82) is 0 Å². The van der Waals surface area contributed by atoms with Crippen molar-refractivity contribution in [3.63, 3.8) is 0 Å². The number of carbonyl (C=O) groups excluding carboxylic acids is 1. The van der Waals surface area contributed by atoms with Crippen molar-refractivity contribution in [2.24, 2.45) is 0 Å². The molecule has 0 radical (unpaired) electrons. The number of carbonyl (C=O) groups is 1. The number of nitrogens with one attached hydrogen (secondary N) is 1. The SMILES string of the molecule is O=C(Nc1ccns1)c1cc2c(n3cnnc13)CCC2. The number of pyridine rings is 1. The zero-order valence-electron chi connectivity index (χ0n) is 10.5. The Bertz CT molecular complexity index is 793. The number of amides is 1. The summed E-state index contributed by atoms with van der Waals surface area (Å²) < 4.78 is 5.91. The molecule has 1 aliphatic rings. The van der Waals surface area contributed by atoms with Crippen LogP contribution in [0.15, 0.2) is 24.7 Å². The van der Waals surface area contributed by atoms with Crippen LogP contribution in [0.25, 0.3) is 5.65 Å². The van der Waals surface area contributed by atoms with E-state index in [0.29, 0.717) is 11.2 Å². The van der Waals surface area contributed by atoms with E-state index < -0.39 is 0 Å². The Morgan fingerprint density at radius 1 is 1.40 bits per heavy atom. The van der Waals surface area contributed by atoms with Gasteiger partial charge < -0.3 is 5.32 Å². The summed E-state index contributed by atoms with van der Waals surface area (Å²) >= 11 is 1.25. The zero-order valence-corrected chi connectivity index (χ0v) is 11.4. The van der Waals surface area contributed by atoms with Gasteiger partial charge in [0.15, 0.2) is 5.65 Å². The quantitative estimate of drug-likeness (QED) is 0.781. The molecule has 1 N–H and O–H groups in total. The molecule has 0 saturated carbocycles. The van der Waals surface area contributed by atoms with E-state index >= 15 is 0 Å². The second-order valence-electron chi connectivity index (χ2n) is 4.74. The lowest BCUT2D eigenvalue weighted by molar-refractivity contribution is 0.102. The summed E-state index contributed by atoms with van der Waals surface area (Å²) in [5.74, 6) is -0.165. The van der Waals surface area contributed by atoms with Gasteiger partial charge in [0.1, 0.15) is 11.3 Å². The molecule has 20 heavy (non-hydrogen) atoms. The molecule has 3 aromatic heterocycles. The van der Waals surface area contributed by atoms with Gasteiger partial charge in [-0.15, -0.1) is 10.2 Å². The third-order valence-electron chi connectivity index (χ3n) is 3.55. The Morgan fingerprint density at radius 2 is 2.35 bits per heavy atom. The number of aromatic nitrogens is 4. The molecule has 100 valence electrons. The summed E-state index contributed by atoms with van der Waals surface area (Å²) in [7, 11) is 0. The second kappa shape index (κ2) is 4.38. The van der Waals surface area contributed by atoms with E-state index in [1.54, 1.807) is 18.6 Å². The van der Waals surface area contributed by atoms with Crippen LogP contribution in [0.2, 0.25) is 0 Å². The van der Waals surface area contributed by atoms with Crippen LogP contribution in [0, 0.1) is 0 Å². The first kappa shape index (κ1) is 11.5. The number of nitrogens with zero attached hydrogens (tertiary/aromatic N) is 4. The van der Waals surface area contributed by atoms with Gasteiger partial charge in [-0.1, -0.05) is 0 Å². The molecule has 3 heterocycles. The second-order valence-corrected chi connectivity index (χ2v) is 5.57. The van der Waals surface area contributed by atoms with E-state index in [1.165, 1.54) is 22.8 Å². The van der Waals surface area contributed by atoms with Crippen molar-refractivity contribution in [2.45, 2.75) is 19.3 Å². The lowest BCUT2D eigenvalue weighted by atomic mass is 10.1. The fraction of sp³-hybridized carbons (Fsp3) is 0.231. The number of rotatable bonds is 2. The summed E-state index contributed by atoms with van der Waals surface area (Å²) in [4.78, 5) is 12.4. The standard InChI is InChI=1S/C13H11N5OS/c19-13(16-11-4-5-15-20-11)9-6-8-2-1-3-10(8)18-7-14-17-12(9)18/h4-7H,1-3H2,(H,16,19). The molecule has 7 heteroatoms. The van der Waals surface area contributed by atoms with Gasteiger partial charge in [0, 0.05) is 11.9 Å². The van der Waals surface area contributed by atoms with E-state index in [4.69, 9.17) is 0 Å². The molecule has 0 unspecified atom stereocenters. The van der Waals surface area contributed by atoms with Gasteiger partial charge in [-0.25, -0.2) is 0 Å². The molecule has 3 aromatic rings. The average Bonchev–Trinajstić information content (AvgIpc) is 3.17. The molecular formula is C13H11N5OS. The van der Waals surface area contributed by atoms with Crippen molar-refractivity contribution in [2.75, 3.05) is 5.32 Å². The summed E-state index contributed by atoms with van der Waals surface area (Å²) in [6.07, 6.45) is 6.48. The molecule has 0 aromatic carbocycles. The van der Waals surface area contributed by atoms with Gasteiger partial charge in [0.25, 0.3) is 5.91 Å². The molecule has 1 aliphatic carbocycles. The summed E-state index contributed by atoms with van der Waals surface area (Å²) in [6.45, 7) is 0. The number of anilines is 1. The fourth-order valence-electron chi connectivity index (χ4n) is 2.66. The van der Waals surface area contributed by atoms with Crippen LogP contribution in [-0.4, -0.2) is 24.9 Å².